The fourth-order valence-corrected chi connectivity index (χ4v) is 2.88. The number of aliphatic hydroxyl groups is 1. The van der Waals surface area contributed by atoms with E-state index in [4.69, 9.17) is 4.74 Å². The van der Waals surface area contributed by atoms with Crippen LogP contribution in [0.2, 0.25) is 0 Å². The summed E-state index contributed by atoms with van der Waals surface area (Å²) in [6.07, 6.45) is 3.18. The maximum absolute atomic E-state index is 9.67. The van der Waals surface area contributed by atoms with Gasteiger partial charge in [-0.25, -0.2) is 0 Å². The smallest absolute Gasteiger partial charge is 0.0664 e. The molecule has 1 unspecified atom stereocenters. The van der Waals surface area contributed by atoms with Crippen molar-refractivity contribution in [3.63, 3.8) is 0 Å². The number of ether oxygens (including phenoxy) is 1. The lowest BCUT2D eigenvalue weighted by atomic mass is 9.99. The molecule has 0 aromatic carbocycles. The summed E-state index contributed by atoms with van der Waals surface area (Å²) in [7, 11) is 0. The number of hydrogen-bond acceptors (Lipinski definition) is 4. The largest absolute Gasteiger partial charge is 0.392 e. The summed E-state index contributed by atoms with van der Waals surface area (Å²) in [5, 5.41) is 9.67. The van der Waals surface area contributed by atoms with E-state index in [9.17, 15) is 5.11 Å². The lowest BCUT2D eigenvalue weighted by Gasteiger charge is -2.37. The van der Waals surface area contributed by atoms with Gasteiger partial charge in [-0.05, 0) is 25.2 Å². The lowest BCUT2D eigenvalue weighted by molar-refractivity contribution is 0.0340. The molecular weight excluding hydrogens is 228 g/mol. The Morgan fingerprint density at radius 3 is 2.33 bits per heavy atom. The first kappa shape index (κ1) is 14.3. The highest BCUT2D eigenvalue weighted by molar-refractivity contribution is 4.76. The molecule has 1 N–H and O–H groups in total. The van der Waals surface area contributed by atoms with Crippen molar-refractivity contribution in [3.8, 4) is 0 Å². The van der Waals surface area contributed by atoms with Crippen molar-refractivity contribution in [1.82, 2.24) is 9.80 Å². The van der Waals surface area contributed by atoms with E-state index in [0.717, 1.165) is 58.3 Å². The van der Waals surface area contributed by atoms with E-state index in [1.54, 1.807) is 0 Å². The van der Waals surface area contributed by atoms with E-state index in [0.29, 0.717) is 0 Å². The average molecular weight is 256 g/mol. The molecule has 2 heterocycles. The molecule has 2 aliphatic heterocycles. The monoisotopic (exact) mass is 256 g/mol. The Balaban J connectivity index is 1.63. The van der Waals surface area contributed by atoms with Crippen molar-refractivity contribution in [2.45, 2.75) is 32.3 Å². The second-order valence-electron chi connectivity index (χ2n) is 5.72. The van der Waals surface area contributed by atoms with Crippen molar-refractivity contribution in [1.29, 1.82) is 0 Å². The van der Waals surface area contributed by atoms with E-state index in [2.05, 4.69) is 9.80 Å². The van der Waals surface area contributed by atoms with Crippen LogP contribution >= 0.6 is 0 Å². The van der Waals surface area contributed by atoms with Gasteiger partial charge >= 0.3 is 0 Å². The van der Waals surface area contributed by atoms with Crippen molar-refractivity contribution in [2.24, 2.45) is 5.92 Å². The first-order chi connectivity index (χ1) is 8.78. The molecule has 0 aliphatic carbocycles. The number of β-amino-alcohol motifs (C(OH)–C–C–N with tert-alkyl or cyclic N) is 1. The number of nitrogens with zero attached hydrogens (tertiary/aromatic N) is 2. The Bertz CT molecular complexity index is 224. The third kappa shape index (κ3) is 4.50. The summed E-state index contributed by atoms with van der Waals surface area (Å²) >= 11 is 0. The van der Waals surface area contributed by atoms with Crippen LogP contribution in [0.5, 0.6) is 0 Å². The minimum absolute atomic E-state index is 0.146. The van der Waals surface area contributed by atoms with Crippen LogP contribution in [0.15, 0.2) is 0 Å². The number of hydrogen-bond donors (Lipinski definition) is 1. The molecule has 0 radical (unpaired) electrons. The average Bonchev–Trinajstić information content (AvgIpc) is 2.42. The van der Waals surface area contributed by atoms with E-state index in [1.807, 2.05) is 6.92 Å². The standard InChI is InChI=1S/C14H28N2O2/c1-2-14(17)12-16-7-5-15(6-8-16)11-13-3-9-18-10-4-13/h13-14,17H,2-12H2,1H3. The fraction of sp³-hybridized carbons (Fsp3) is 1.00. The number of aliphatic hydroxyl groups excluding tert-OH is 1. The Morgan fingerprint density at radius 2 is 1.72 bits per heavy atom. The summed E-state index contributed by atoms with van der Waals surface area (Å²) in [5.41, 5.74) is 0. The molecule has 4 nitrogen and oxygen atoms in total. The Labute approximate surface area is 111 Å². The molecule has 2 saturated heterocycles. The third-order valence-corrected chi connectivity index (χ3v) is 4.26. The van der Waals surface area contributed by atoms with Gasteiger partial charge in [0, 0.05) is 52.5 Å². The summed E-state index contributed by atoms with van der Waals surface area (Å²) in [4.78, 5) is 4.99. The summed E-state index contributed by atoms with van der Waals surface area (Å²) in [6.45, 7) is 10.6. The van der Waals surface area contributed by atoms with Gasteiger partial charge < -0.3 is 14.7 Å². The second kappa shape index (κ2) is 7.43. The van der Waals surface area contributed by atoms with Crippen molar-refractivity contribution < 1.29 is 9.84 Å². The first-order valence-corrected chi connectivity index (χ1v) is 7.48. The zero-order chi connectivity index (χ0) is 12.8. The van der Waals surface area contributed by atoms with Crippen molar-refractivity contribution >= 4 is 0 Å². The van der Waals surface area contributed by atoms with Gasteiger partial charge in [-0.1, -0.05) is 6.92 Å². The van der Waals surface area contributed by atoms with Crippen LogP contribution in [-0.4, -0.2) is 73.5 Å². The molecule has 18 heavy (non-hydrogen) atoms. The van der Waals surface area contributed by atoms with Gasteiger partial charge in [0.25, 0.3) is 0 Å². The number of piperazine rings is 1. The minimum atomic E-state index is -0.146. The lowest BCUT2D eigenvalue weighted by Crippen LogP contribution is -2.49. The SMILES string of the molecule is CCC(O)CN1CCN(CC2CCOCC2)CC1. The zero-order valence-electron chi connectivity index (χ0n) is 11.7. The van der Waals surface area contributed by atoms with Gasteiger partial charge in [0.15, 0.2) is 0 Å². The molecule has 0 bridgehead atoms. The topological polar surface area (TPSA) is 35.9 Å². The van der Waals surface area contributed by atoms with Gasteiger partial charge in [-0.3, -0.25) is 4.90 Å². The molecule has 0 saturated carbocycles. The third-order valence-electron chi connectivity index (χ3n) is 4.26. The molecule has 0 spiro atoms. The quantitative estimate of drug-likeness (QED) is 0.789. The Hall–Kier alpha value is -0.160. The minimum Gasteiger partial charge on any atom is -0.392 e. The van der Waals surface area contributed by atoms with Gasteiger partial charge in [0.2, 0.25) is 0 Å². The van der Waals surface area contributed by atoms with Crippen LogP contribution in [0.25, 0.3) is 0 Å². The molecule has 2 rings (SSSR count). The number of rotatable bonds is 5. The fourth-order valence-electron chi connectivity index (χ4n) is 2.88. The van der Waals surface area contributed by atoms with Gasteiger partial charge in [0.05, 0.1) is 6.10 Å². The predicted octanol–water partition coefficient (Wildman–Crippen LogP) is 0.802. The highest BCUT2D eigenvalue weighted by Crippen LogP contribution is 2.17. The van der Waals surface area contributed by atoms with Crippen LogP contribution in [0.4, 0.5) is 0 Å². The maximum Gasteiger partial charge on any atom is 0.0664 e. The van der Waals surface area contributed by atoms with Crippen LogP contribution in [-0.2, 0) is 4.74 Å². The van der Waals surface area contributed by atoms with Crippen molar-refractivity contribution in [2.75, 3.05) is 52.5 Å². The summed E-state index contributed by atoms with van der Waals surface area (Å²) in [5.74, 6) is 0.839. The maximum atomic E-state index is 9.67. The predicted molar refractivity (Wildman–Crippen MR) is 72.7 cm³/mol. The molecule has 0 aromatic rings. The molecule has 106 valence electrons. The molecule has 0 aromatic heterocycles. The van der Waals surface area contributed by atoms with Crippen molar-refractivity contribution in [3.05, 3.63) is 0 Å². The second-order valence-corrected chi connectivity index (χ2v) is 5.72. The van der Waals surface area contributed by atoms with E-state index in [-0.39, 0.29) is 6.10 Å². The first-order valence-electron chi connectivity index (χ1n) is 7.48. The van der Waals surface area contributed by atoms with E-state index in [1.165, 1.54) is 19.4 Å². The van der Waals surface area contributed by atoms with Gasteiger partial charge in [-0.2, -0.15) is 0 Å². The Morgan fingerprint density at radius 1 is 1.11 bits per heavy atom. The van der Waals surface area contributed by atoms with E-state index < -0.39 is 0 Å². The summed E-state index contributed by atoms with van der Waals surface area (Å²) in [6, 6.07) is 0. The van der Waals surface area contributed by atoms with Gasteiger partial charge in [0.1, 0.15) is 0 Å². The van der Waals surface area contributed by atoms with Crippen LogP contribution < -0.4 is 0 Å². The molecule has 2 aliphatic rings. The molecule has 4 heteroatoms. The van der Waals surface area contributed by atoms with Crippen LogP contribution in [0, 0.1) is 5.92 Å². The molecular formula is C14H28N2O2. The summed E-state index contributed by atoms with van der Waals surface area (Å²) < 4.78 is 5.41. The Kier molecular flexibility index (Phi) is 5.89. The van der Waals surface area contributed by atoms with Crippen LogP contribution in [0.3, 0.4) is 0 Å². The van der Waals surface area contributed by atoms with E-state index >= 15 is 0 Å². The van der Waals surface area contributed by atoms with Gasteiger partial charge in [-0.15, -0.1) is 0 Å². The highest BCUT2D eigenvalue weighted by atomic mass is 16.5. The molecule has 1 atom stereocenters. The van der Waals surface area contributed by atoms with Crippen LogP contribution in [0.1, 0.15) is 26.2 Å². The zero-order valence-corrected chi connectivity index (χ0v) is 11.7. The molecule has 2 fully saturated rings. The normalized spacial score (nSPS) is 26.3. The highest BCUT2D eigenvalue weighted by Gasteiger charge is 2.22. The molecule has 0 amide bonds.